The number of hydrogen-bond donors (Lipinski definition) is 0. The van der Waals surface area contributed by atoms with E-state index >= 15 is 0 Å². The maximum absolute atomic E-state index is 13.8. The van der Waals surface area contributed by atoms with Gasteiger partial charge in [0.05, 0.1) is 26.3 Å². The third kappa shape index (κ3) is 8.50. The highest BCUT2D eigenvalue weighted by molar-refractivity contribution is 6.31. The van der Waals surface area contributed by atoms with Gasteiger partial charge in [0.15, 0.2) is 0 Å². The van der Waals surface area contributed by atoms with Gasteiger partial charge in [-0.1, -0.05) is 43.6 Å². The first-order valence-electron chi connectivity index (χ1n) is 13.4. The van der Waals surface area contributed by atoms with E-state index < -0.39 is 0 Å². The Labute approximate surface area is 242 Å². The Morgan fingerprint density at radius 2 is 1.75 bits per heavy atom. The van der Waals surface area contributed by atoms with Crippen molar-refractivity contribution >= 4 is 23.4 Å². The predicted molar refractivity (Wildman–Crippen MR) is 157 cm³/mol. The van der Waals surface area contributed by atoms with Gasteiger partial charge in [-0.2, -0.15) is 0 Å². The molecule has 0 bridgehead atoms. The van der Waals surface area contributed by atoms with Gasteiger partial charge < -0.3 is 28.6 Å². The second kappa shape index (κ2) is 15.3. The zero-order valence-corrected chi connectivity index (χ0v) is 24.8. The van der Waals surface area contributed by atoms with Crippen LogP contribution in [0.25, 0.3) is 0 Å². The molecule has 3 aromatic rings. The lowest BCUT2D eigenvalue weighted by Gasteiger charge is -2.29. The lowest BCUT2D eigenvalue weighted by Crippen LogP contribution is -2.44. The molecule has 8 nitrogen and oxygen atoms in total. The number of methoxy groups -OCH3 is 3. The molecule has 2 aromatic carbocycles. The van der Waals surface area contributed by atoms with Gasteiger partial charge in [-0.25, -0.2) is 0 Å². The summed E-state index contributed by atoms with van der Waals surface area (Å²) in [6, 6.07) is 16.8. The van der Waals surface area contributed by atoms with Crippen LogP contribution in [0.4, 0.5) is 0 Å². The maximum atomic E-state index is 13.8. The van der Waals surface area contributed by atoms with Crippen LogP contribution in [-0.4, -0.2) is 73.8 Å². The van der Waals surface area contributed by atoms with Crippen molar-refractivity contribution in [3.8, 4) is 11.5 Å². The molecule has 0 saturated carbocycles. The van der Waals surface area contributed by atoms with Crippen molar-refractivity contribution in [2.45, 2.75) is 33.4 Å². The summed E-state index contributed by atoms with van der Waals surface area (Å²) in [5.74, 6) is 0.812. The van der Waals surface area contributed by atoms with Crippen molar-refractivity contribution in [3.63, 3.8) is 0 Å². The van der Waals surface area contributed by atoms with E-state index in [1.165, 1.54) is 7.11 Å². The minimum atomic E-state index is -0.282. The summed E-state index contributed by atoms with van der Waals surface area (Å²) in [5, 5.41) is 0.705. The number of carbonyl (C=O) groups is 2. The average molecular weight is 570 g/mol. The quantitative estimate of drug-likeness (QED) is 0.230. The second-order valence-electron chi connectivity index (χ2n) is 10.0. The van der Waals surface area contributed by atoms with E-state index in [4.69, 9.17) is 25.8 Å². The number of ether oxygens (including phenoxy) is 3. The van der Waals surface area contributed by atoms with Crippen LogP contribution in [0.1, 0.15) is 41.9 Å². The summed E-state index contributed by atoms with van der Waals surface area (Å²) < 4.78 is 18.1. The predicted octanol–water partition coefficient (Wildman–Crippen LogP) is 5.37. The van der Waals surface area contributed by atoms with Gasteiger partial charge in [0, 0.05) is 56.3 Å². The van der Waals surface area contributed by atoms with Crippen LogP contribution >= 0.6 is 11.6 Å². The first kappa shape index (κ1) is 31.0. The minimum Gasteiger partial charge on any atom is -0.497 e. The topological polar surface area (TPSA) is 73.2 Å². The second-order valence-corrected chi connectivity index (χ2v) is 10.4. The summed E-state index contributed by atoms with van der Waals surface area (Å²) in [4.78, 5) is 30.9. The molecule has 0 aliphatic rings. The highest BCUT2D eigenvalue weighted by Gasteiger charge is 2.25. The molecule has 9 heteroatoms. The number of hydrogen-bond acceptors (Lipinski definition) is 5. The first-order valence-corrected chi connectivity index (χ1v) is 13.8. The molecule has 0 spiro atoms. The molecule has 2 amide bonds. The Morgan fingerprint density at radius 1 is 0.975 bits per heavy atom. The molecule has 0 radical (unpaired) electrons. The molecule has 0 fully saturated rings. The third-order valence-electron chi connectivity index (χ3n) is 6.54. The Morgan fingerprint density at radius 3 is 2.42 bits per heavy atom. The smallest absolute Gasteiger partial charge is 0.258 e. The SMILES string of the molecule is COCCCN(CC(=O)N(Cc1cccn1Cc1ccccc1Cl)CC(C)C)C(=O)c1ccc(OC)cc1OC. The summed E-state index contributed by atoms with van der Waals surface area (Å²) >= 11 is 6.41. The standard InChI is InChI=1S/C31H40ClN3O5/c1-23(2)19-35(21-25-11-8-15-33(25)20-24-10-6-7-12-28(24)32)30(36)22-34(16-9-17-38-3)31(37)27-14-13-26(39-4)18-29(27)40-5/h6-8,10-15,18,23H,9,16-17,19-22H2,1-5H3. The Hall–Kier alpha value is -3.49. The molecule has 0 unspecified atom stereocenters. The summed E-state index contributed by atoms with van der Waals surface area (Å²) in [5.41, 5.74) is 2.37. The molecule has 216 valence electrons. The number of halogens is 1. The average Bonchev–Trinajstić information content (AvgIpc) is 3.38. The van der Waals surface area contributed by atoms with Gasteiger partial charge in [-0.05, 0) is 48.2 Å². The minimum absolute atomic E-state index is 0.0598. The molecule has 40 heavy (non-hydrogen) atoms. The van der Waals surface area contributed by atoms with E-state index in [-0.39, 0.29) is 24.3 Å². The Balaban J connectivity index is 1.83. The number of carbonyl (C=O) groups excluding carboxylic acids is 2. The highest BCUT2D eigenvalue weighted by Crippen LogP contribution is 2.26. The zero-order valence-electron chi connectivity index (χ0n) is 24.1. The van der Waals surface area contributed by atoms with Gasteiger partial charge in [0.2, 0.25) is 5.91 Å². The van der Waals surface area contributed by atoms with E-state index in [1.54, 1.807) is 37.3 Å². The van der Waals surface area contributed by atoms with E-state index in [1.807, 2.05) is 47.5 Å². The van der Waals surface area contributed by atoms with Gasteiger partial charge in [-0.3, -0.25) is 9.59 Å². The van der Waals surface area contributed by atoms with Crippen molar-refractivity contribution in [2.75, 3.05) is 47.6 Å². The van der Waals surface area contributed by atoms with E-state index in [0.717, 1.165) is 11.3 Å². The maximum Gasteiger partial charge on any atom is 0.258 e. The molecule has 1 heterocycles. The molecule has 1 aromatic heterocycles. The van der Waals surface area contributed by atoms with E-state index in [0.29, 0.717) is 61.3 Å². The van der Waals surface area contributed by atoms with E-state index in [9.17, 15) is 9.59 Å². The highest BCUT2D eigenvalue weighted by atomic mass is 35.5. The van der Waals surface area contributed by atoms with Crippen LogP contribution in [0.2, 0.25) is 5.02 Å². The van der Waals surface area contributed by atoms with Crippen molar-refractivity contribution in [1.82, 2.24) is 14.4 Å². The van der Waals surface area contributed by atoms with Gasteiger partial charge >= 0.3 is 0 Å². The fourth-order valence-electron chi connectivity index (χ4n) is 4.51. The van der Waals surface area contributed by atoms with Crippen molar-refractivity contribution in [3.05, 3.63) is 82.6 Å². The van der Waals surface area contributed by atoms with Crippen molar-refractivity contribution in [2.24, 2.45) is 5.92 Å². The fourth-order valence-corrected chi connectivity index (χ4v) is 4.70. The lowest BCUT2D eigenvalue weighted by atomic mass is 10.1. The third-order valence-corrected chi connectivity index (χ3v) is 6.91. The molecule has 0 aliphatic heterocycles. The van der Waals surface area contributed by atoms with Crippen LogP contribution in [0.15, 0.2) is 60.8 Å². The fraction of sp³-hybridized carbons (Fsp3) is 0.419. The molecule has 0 saturated heterocycles. The van der Waals surface area contributed by atoms with Crippen LogP contribution in [0.5, 0.6) is 11.5 Å². The molecular formula is C31H40ClN3O5. The zero-order chi connectivity index (χ0) is 29.1. The normalized spacial score (nSPS) is 11.0. The summed E-state index contributed by atoms with van der Waals surface area (Å²) in [7, 11) is 4.68. The van der Waals surface area contributed by atoms with Crippen LogP contribution < -0.4 is 9.47 Å². The van der Waals surface area contributed by atoms with E-state index in [2.05, 4.69) is 18.4 Å². The van der Waals surface area contributed by atoms with Crippen LogP contribution in [0, 0.1) is 5.92 Å². The monoisotopic (exact) mass is 569 g/mol. The largest absolute Gasteiger partial charge is 0.497 e. The molecule has 0 atom stereocenters. The Bertz CT molecular complexity index is 1260. The van der Waals surface area contributed by atoms with Crippen molar-refractivity contribution in [1.29, 1.82) is 0 Å². The van der Waals surface area contributed by atoms with Gasteiger partial charge in [0.25, 0.3) is 5.91 Å². The molecule has 3 rings (SSSR count). The van der Waals surface area contributed by atoms with Crippen molar-refractivity contribution < 1.29 is 23.8 Å². The van der Waals surface area contributed by atoms with Crippen LogP contribution in [0.3, 0.4) is 0 Å². The molecular weight excluding hydrogens is 530 g/mol. The number of nitrogens with zero attached hydrogens (tertiary/aromatic N) is 3. The Kier molecular flexibility index (Phi) is 11.9. The number of benzene rings is 2. The molecule has 0 N–H and O–H groups in total. The van der Waals surface area contributed by atoms with Crippen LogP contribution in [-0.2, 0) is 22.6 Å². The van der Waals surface area contributed by atoms with Gasteiger partial charge in [0.1, 0.15) is 18.0 Å². The number of amides is 2. The number of aromatic nitrogens is 1. The molecule has 0 aliphatic carbocycles. The summed E-state index contributed by atoms with van der Waals surface area (Å²) in [6.45, 7) is 6.51. The summed E-state index contributed by atoms with van der Waals surface area (Å²) in [6.07, 6.45) is 2.59. The lowest BCUT2D eigenvalue weighted by molar-refractivity contribution is -0.133. The first-order chi connectivity index (χ1) is 19.3. The number of rotatable bonds is 15. The van der Waals surface area contributed by atoms with Gasteiger partial charge in [-0.15, -0.1) is 0 Å².